The maximum atomic E-state index is 11.2. The molecule has 0 unspecified atom stereocenters. The first-order chi connectivity index (χ1) is 9.90. The standard InChI is InChI=1S/C16H14O5/c1-9-4-3-5-13(10(9)2)21-14-8-11(15(17)18)6-7-12(14)16(19)20/h3-8H,1-2H3,(H,17,18)(H,19,20). The molecule has 0 aliphatic carbocycles. The Morgan fingerprint density at radius 3 is 2.29 bits per heavy atom. The van der Waals surface area contributed by atoms with Gasteiger partial charge in [-0.2, -0.15) is 0 Å². The van der Waals surface area contributed by atoms with E-state index in [4.69, 9.17) is 14.9 Å². The fourth-order valence-corrected chi connectivity index (χ4v) is 1.87. The number of carbonyl (C=O) groups is 2. The summed E-state index contributed by atoms with van der Waals surface area (Å²) in [7, 11) is 0. The van der Waals surface area contributed by atoms with E-state index in [1.165, 1.54) is 18.2 Å². The molecule has 2 aromatic rings. The SMILES string of the molecule is Cc1cccc(Oc2cc(C(=O)O)ccc2C(=O)O)c1C. The van der Waals surface area contributed by atoms with Gasteiger partial charge < -0.3 is 14.9 Å². The molecule has 0 heterocycles. The summed E-state index contributed by atoms with van der Waals surface area (Å²) >= 11 is 0. The molecule has 0 saturated heterocycles. The Kier molecular flexibility index (Phi) is 3.93. The molecule has 0 spiro atoms. The monoisotopic (exact) mass is 286 g/mol. The van der Waals surface area contributed by atoms with Crippen molar-refractivity contribution in [3.05, 3.63) is 58.7 Å². The molecule has 2 aromatic carbocycles. The molecule has 0 fully saturated rings. The maximum absolute atomic E-state index is 11.2. The zero-order valence-electron chi connectivity index (χ0n) is 11.6. The Balaban J connectivity index is 2.51. The molecule has 0 saturated carbocycles. The smallest absolute Gasteiger partial charge is 0.339 e. The molecule has 5 nitrogen and oxygen atoms in total. The lowest BCUT2D eigenvalue weighted by Gasteiger charge is -2.13. The summed E-state index contributed by atoms with van der Waals surface area (Å²) in [5, 5.41) is 18.2. The number of rotatable bonds is 4. The van der Waals surface area contributed by atoms with Crippen molar-refractivity contribution in [1.29, 1.82) is 0 Å². The van der Waals surface area contributed by atoms with Crippen LogP contribution < -0.4 is 4.74 Å². The lowest BCUT2D eigenvalue weighted by molar-refractivity contribution is 0.0678. The maximum Gasteiger partial charge on any atom is 0.339 e. The van der Waals surface area contributed by atoms with Crippen LogP contribution in [-0.4, -0.2) is 22.2 Å². The van der Waals surface area contributed by atoms with Gasteiger partial charge in [0.25, 0.3) is 0 Å². The summed E-state index contributed by atoms with van der Waals surface area (Å²) in [6.45, 7) is 3.76. The summed E-state index contributed by atoms with van der Waals surface area (Å²) in [6, 6.07) is 9.09. The third-order valence-electron chi connectivity index (χ3n) is 3.23. The average molecular weight is 286 g/mol. The third kappa shape index (κ3) is 3.02. The molecule has 0 aliphatic rings. The van der Waals surface area contributed by atoms with Gasteiger partial charge in [-0.25, -0.2) is 9.59 Å². The van der Waals surface area contributed by atoms with Crippen molar-refractivity contribution in [3.8, 4) is 11.5 Å². The number of hydrogen-bond donors (Lipinski definition) is 2. The first-order valence-corrected chi connectivity index (χ1v) is 6.25. The van der Waals surface area contributed by atoms with Gasteiger partial charge in [0.2, 0.25) is 0 Å². The van der Waals surface area contributed by atoms with Crippen molar-refractivity contribution in [2.24, 2.45) is 0 Å². The van der Waals surface area contributed by atoms with Gasteiger partial charge in [0.15, 0.2) is 0 Å². The van der Waals surface area contributed by atoms with E-state index in [9.17, 15) is 9.59 Å². The Hall–Kier alpha value is -2.82. The highest BCUT2D eigenvalue weighted by Crippen LogP contribution is 2.30. The van der Waals surface area contributed by atoms with Crippen LogP contribution in [0.2, 0.25) is 0 Å². The third-order valence-corrected chi connectivity index (χ3v) is 3.23. The van der Waals surface area contributed by atoms with Gasteiger partial charge in [-0.3, -0.25) is 0 Å². The van der Waals surface area contributed by atoms with Crippen LogP contribution in [0.4, 0.5) is 0 Å². The molecule has 5 heteroatoms. The molecule has 0 atom stereocenters. The molecular weight excluding hydrogens is 272 g/mol. The molecule has 0 aliphatic heterocycles. The second-order valence-electron chi connectivity index (χ2n) is 4.62. The number of carboxylic acid groups (broad SMARTS) is 2. The minimum Gasteiger partial charge on any atom is -0.478 e. The van der Waals surface area contributed by atoms with E-state index >= 15 is 0 Å². The zero-order chi connectivity index (χ0) is 15.6. The largest absolute Gasteiger partial charge is 0.478 e. The van der Waals surface area contributed by atoms with Crippen LogP contribution in [0.5, 0.6) is 11.5 Å². The Morgan fingerprint density at radius 2 is 1.67 bits per heavy atom. The van der Waals surface area contributed by atoms with Crippen molar-refractivity contribution in [1.82, 2.24) is 0 Å². The van der Waals surface area contributed by atoms with Gasteiger partial charge in [0, 0.05) is 0 Å². The van der Waals surface area contributed by atoms with E-state index in [0.29, 0.717) is 5.75 Å². The number of hydrogen-bond acceptors (Lipinski definition) is 3. The van der Waals surface area contributed by atoms with E-state index in [1.807, 2.05) is 19.9 Å². The minimum atomic E-state index is -1.17. The number of ether oxygens (including phenoxy) is 1. The Labute approximate surface area is 121 Å². The first-order valence-electron chi connectivity index (χ1n) is 6.25. The molecule has 2 rings (SSSR count). The van der Waals surface area contributed by atoms with E-state index in [1.54, 1.807) is 12.1 Å². The molecule has 0 radical (unpaired) electrons. The molecular formula is C16H14O5. The van der Waals surface area contributed by atoms with Crippen molar-refractivity contribution in [2.45, 2.75) is 13.8 Å². The van der Waals surface area contributed by atoms with Crippen LogP contribution >= 0.6 is 0 Å². The number of benzene rings is 2. The molecule has 2 N–H and O–H groups in total. The van der Waals surface area contributed by atoms with Gasteiger partial charge in [0.1, 0.15) is 17.1 Å². The van der Waals surface area contributed by atoms with Crippen molar-refractivity contribution >= 4 is 11.9 Å². The summed E-state index contributed by atoms with van der Waals surface area (Å²) in [5.41, 5.74) is 1.76. The fourth-order valence-electron chi connectivity index (χ4n) is 1.87. The van der Waals surface area contributed by atoms with E-state index < -0.39 is 11.9 Å². The minimum absolute atomic E-state index is 0.0103. The highest BCUT2D eigenvalue weighted by molar-refractivity contribution is 5.94. The second kappa shape index (κ2) is 5.66. The summed E-state index contributed by atoms with van der Waals surface area (Å²) < 4.78 is 5.63. The highest BCUT2D eigenvalue weighted by Gasteiger charge is 2.16. The van der Waals surface area contributed by atoms with Gasteiger partial charge in [-0.05, 0) is 49.2 Å². The van der Waals surface area contributed by atoms with Crippen LogP contribution in [0.3, 0.4) is 0 Å². The van der Waals surface area contributed by atoms with Crippen LogP contribution in [0.15, 0.2) is 36.4 Å². The van der Waals surface area contributed by atoms with Crippen LogP contribution in [0, 0.1) is 13.8 Å². The predicted octanol–water partition coefficient (Wildman–Crippen LogP) is 3.49. The topological polar surface area (TPSA) is 83.8 Å². The van der Waals surface area contributed by atoms with Crippen LogP contribution in [-0.2, 0) is 0 Å². The van der Waals surface area contributed by atoms with Crippen LogP contribution in [0.25, 0.3) is 0 Å². The van der Waals surface area contributed by atoms with E-state index in [0.717, 1.165) is 11.1 Å². The van der Waals surface area contributed by atoms with E-state index in [2.05, 4.69) is 0 Å². The first kappa shape index (κ1) is 14.6. The van der Waals surface area contributed by atoms with Crippen molar-refractivity contribution in [2.75, 3.05) is 0 Å². The Morgan fingerprint density at radius 1 is 0.952 bits per heavy atom. The predicted molar refractivity (Wildman–Crippen MR) is 76.4 cm³/mol. The lowest BCUT2D eigenvalue weighted by Crippen LogP contribution is -2.04. The van der Waals surface area contributed by atoms with Gasteiger partial charge in [-0.1, -0.05) is 12.1 Å². The Bertz CT molecular complexity index is 719. The van der Waals surface area contributed by atoms with Crippen LogP contribution in [0.1, 0.15) is 31.8 Å². The highest BCUT2D eigenvalue weighted by atomic mass is 16.5. The van der Waals surface area contributed by atoms with Gasteiger partial charge in [-0.15, -0.1) is 0 Å². The molecule has 108 valence electrons. The fraction of sp³-hybridized carbons (Fsp3) is 0.125. The summed E-state index contributed by atoms with van der Waals surface area (Å²) in [4.78, 5) is 22.2. The average Bonchev–Trinajstić information content (AvgIpc) is 2.43. The van der Waals surface area contributed by atoms with Gasteiger partial charge in [0.05, 0.1) is 5.56 Å². The van der Waals surface area contributed by atoms with Crippen molar-refractivity contribution < 1.29 is 24.5 Å². The normalized spacial score (nSPS) is 10.2. The zero-order valence-corrected chi connectivity index (χ0v) is 11.6. The molecule has 0 bridgehead atoms. The lowest BCUT2D eigenvalue weighted by atomic mass is 10.1. The number of aromatic carboxylic acids is 2. The number of aryl methyl sites for hydroxylation is 1. The summed E-state index contributed by atoms with van der Waals surface area (Å²) in [6.07, 6.45) is 0. The molecule has 0 aromatic heterocycles. The van der Waals surface area contributed by atoms with Crippen molar-refractivity contribution in [3.63, 3.8) is 0 Å². The second-order valence-corrected chi connectivity index (χ2v) is 4.62. The molecule has 21 heavy (non-hydrogen) atoms. The van der Waals surface area contributed by atoms with E-state index in [-0.39, 0.29) is 16.9 Å². The quantitative estimate of drug-likeness (QED) is 0.898. The number of carboxylic acids is 2. The summed E-state index contributed by atoms with van der Waals surface area (Å²) in [5.74, 6) is -1.80. The van der Waals surface area contributed by atoms with Gasteiger partial charge >= 0.3 is 11.9 Å². The molecule has 0 amide bonds.